The molecule has 1 fully saturated rings. The van der Waals surface area contributed by atoms with Crippen LogP contribution in [0.2, 0.25) is 0 Å². The number of carbonyl (C=O) groups is 1. The maximum Gasteiger partial charge on any atom is 0.433 e. The maximum atomic E-state index is 12.9. The van der Waals surface area contributed by atoms with Gasteiger partial charge in [0.05, 0.1) is 35.6 Å². The Balaban J connectivity index is 1.49. The summed E-state index contributed by atoms with van der Waals surface area (Å²) < 4.78 is 46.3. The zero-order valence-electron chi connectivity index (χ0n) is 19.1. The van der Waals surface area contributed by atoms with Crippen molar-refractivity contribution in [3.8, 4) is 17.1 Å². The average Bonchev–Trinajstić information content (AvgIpc) is 3.19. The summed E-state index contributed by atoms with van der Waals surface area (Å²) in [6.07, 6.45) is -1.06. The number of carboxylic acid groups (broad SMARTS) is 1. The Morgan fingerprint density at radius 3 is 2.77 bits per heavy atom. The number of anilines is 1. The number of aliphatic carboxylic acids is 1. The van der Waals surface area contributed by atoms with E-state index in [2.05, 4.69) is 30.6 Å². The summed E-state index contributed by atoms with van der Waals surface area (Å²) in [5.41, 5.74) is 1.09. The molecular weight excluding hydrogens is 467 g/mol. The van der Waals surface area contributed by atoms with Gasteiger partial charge in [-0.3, -0.25) is 4.79 Å². The first-order valence-electron chi connectivity index (χ1n) is 11.0. The number of alkyl halides is 3. The molecule has 0 saturated heterocycles. The van der Waals surface area contributed by atoms with Crippen LogP contribution in [-0.4, -0.2) is 47.1 Å². The second kappa shape index (κ2) is 9.84. The van der Waals surface area contributed by atoms with Crippen LogP contribution in [0, 0.1) is 12.8 Å². The van der Waals surface area contributed by atoms with Crippen molar-refractivity contribution in [3.63, 3.8) is 0 Å². The van der Waals surface area contributed by atoms with E-state index in [1.54, 1.807) is 26.1 Å². The SMILES string of the molecule is Cc1nc(-c2nnn(C)c2CNc2nccc(C(F)(F)F)n2)ccc1O[C@H]1CCC[C@H](C(=O)O)C1. The monoisotopic (exact) mass is 491 g/mol. The average molecular weight is 491 g/mol. The van der Waals surface area contributed by atoms with E-state index >= 15 is 0 Å². The molecular formula is C22H24F3N7O3. The van der Waals surface area contributed by atoms with Crippen molar-refractivity contribution in [1.82, 2.24) is 29.9 Å². The largest absolute Gasteiger partial charge is 0.489 e. The number of hydrogen-bond donors (Lipinski definition) is 2. The van der Waals surface area contributed by atoms with E-state index in [4.69, 9.17) is 4.74 Å². The normalized spacial score (nSPS) is 18.3. The van der Waals surface area contributed by atoms with Crippen LogP contribution in [-0.2, 0) is 24.6 Å². The highest BCUT2D eigenvalue weighted by molar-refractivity contribution is 5.70. The molecule has 0 bridgehead atoms. The van der Waals surface area contributed by atoms with E-state index in [-0.39, 0.29) is 18.6 Å². The summed E-state index contributed by atoms with van der Waals surface area (Å²) in [4.78, 5) is 23.2. The number of hydrogen-bond acceptors (Lipinski definition) is 8. The molecule has 3 aromatic rings. The first-order valence-corrected chi connectivity index (χ1v) is 11.0. The number of aryl methyl sites for hydroxylation is 2. The summed E-state index contributed by atoms with van der Waals surface area (Å²) >= 11 is 0. The van der Waals surface area contributed by atoms with Crippen molar-refractivity contribution in [2.24, 2.45) is 13.0 Å². The van der Waals surface area contributed by atoms with Crippen LogP contribution >= 0.6 is 0 Å². The molecule has 186 valence electrons. The summed E-state index contributed by atoms with van der Waals surface area (Å²) in [5, 5.41) is 20.2. The topological polar surface area (TPSA) is 128 Å². The molecule has 1 aliphatic carbocycles. The second-order valence-corrected chi connectivity index (χ2v) is 8.35. The summed E-state index contributed by atoms with van der Waals surface area (Å²) in [7, 11) is 1.66. The molecule has 3 aromatic heterocycles. The van der Waals surface area contributed by atoms with Crippen molar-refractivity contribution < 1.29 is 27.8 Å². The van der Waals surface area contributed by atoms with Crippen LogP contribution in [0.4, 0.5) is 19.1 Å². The quantitative estimate of drug-likeness (QED) is 0.509. The number of halogens is 3. The summed E-state index contributed by atoms with van der Waals surface area (Å²) in [5.74, 6) is -0.822. The van der Waals surface area contributed by atoms with Gasteiger partial charge in [0.25, 0.3) is 0 Å². The van der Waals surface area contributed by atoms with Gasteiger partial charge in [-0.1, -0.05) is 5.21 Å². The van der Waals surface area contributed by atoms with E-state index in [1.807, 2.05) is 0 Å². The van der Waals surface area contributed by atoms with Gasteiger partial charge >= 0.3 is 12.1 Å². The Hall–Kier alpha value is -3.77. The van der Waals surface area contributed by atoms with Gasteiger partial charge in [-0.2, -0.15) is 13.2 Å². The van der Waals surface area contributed by atoms with Crippen LogP contribution in [0.3, 0.4) is 0 Å². The molecule has 1 saturated carbocycles. The molecule has 0 amide bonds. The predicted octanol–water partition coefficient (Wildman–Crippen LogP) is 3.63. The Bertz CT molecular complexity index is 1220. The fourth-order valence-corrected chi connectivity index (χ4v) is 4.00. The minimum absolute atomic E-state index is 0.0672. The first kappa shape index (κ1) is 24.4. The number of rotatable bonds is 7. The number of aromatic nitrogens is 6. The maximum absolute atomic E-state index is 12.9. The Kier molecular flexibility index (Phi) is 6.85. The molecule has 0 aliphatic heterocycles. The van der Waals surface area contributed by atoms with Gasteiger partial charge in [0.2, 0.25) is 5.95 Å². The van der Waals surface area contributed by atoms with Crippen LogP contribution in [0.1, 0.15) is 42.8 Å². The highest BCUT2D eigenvalue weighted by Crippen LogP contribution is 2.31. The predicted molar refractivity (Wildman–Crippen MR) is 117 cm³/mol. The Labute approximate surface area is 198 Å². The third kappa shape index (κ3) is 5.66. The highest BCUT2D eigenvalue weighted by atomic mass is 19.4. The van der Waals surface area contributed by atoms with Crippen molar-refractivity contribution in [3.05, 3.63) is 41.5 Å². The van der Waals surface area contributed by atoms with Gasteiger partial charge in [0.1, 0.15) is 17.1 Å². The molecule has 3 heterocycles. The van der Waals surface area contributed by atoms with Crippen molar-refractivity contribution in [2.75, 3.05) is 5.32 Å². The van der Waals surface area contributed by atoms with Crippen molar-refractivity contribution >= 4 is 11.9 Å². The molecule has 4 rings (SSSR count). The van der Waals surface area contributed by atoms with Crippen LogP contribution in [0.25, 0.3) is 11.4 Å². The molecule has 0 radical (unpaired) electrons. The van der Waals surface area contributed by atoms with Gasteiger partial charge in [-0.05, 0) is 50.8 Å². The molecule has 35 heavy (non-hydrogen) atoms. The molecule has 0 spiro atoms. The number of pyridine rings is 1. The highest BCUT2D eigenvalue weighted by Gasteiger charge is 2.33. The number of ether oxygens (including phenoxy) is 1. The molecule has 2 atom stereocenters. The lowest BCUT2D eigenvalue weighted by atomic mass is 9.87. The second-order valence-electron chi connectivity index (χ2n) is 8.35. The van der Waals surface area contributed by atoms with Crippen LogP contribution < -0.4 is 10.1 Å². The smallest absolute Gasteiger partial charge is 0.433 e. The summed E-state index contributed by atoms with van der Waals surface area (Å²) in [6.45, 7) is 1.85. The Morgan fingerprint density at radius 1 is 1.26 bits per heavy atom. The standard InChI is InChI=1S/C22H24F3N7O3/c1-12-17(35-14-5-3-4-13(10-14)20(33)34)7-6-15(28-12)19-16(32(2)31-30-19)11-27-21-26-9-8-18(29-21)22(23,24)25/h6-9,13-14H,3-5,10-11H2,1-2H3,(H,33,34)(H,26,27,29)/t13-,14-/m0/s1. The lowest BCUT2D eigenvalue weighted by molar-refractivity contribution is -0.144. The van der Waals surface area contributed by atoms with Gasteiger partial charge in [-0.25, -0.2) is 19.6 Å². The molecule has 1 aliphatic rings. The third-order valence-corrected chi connectivity index (χ3v) is 5.85. The van der Waals surface area contributed by atoms with Gasteiger partial charge in [0.15, 0.2) is 0 Å². The number of nitrogens with one attached hydrogen (secondary N) is 1. The van der Waals surface area contributed by atoms with Gasteiger partial charge in [0, 0.05) is 13.2 Å². The Morgan fingerprint density at radius 2 is 2.06 bits per heavy atom. The van der Waals surface area contributed by atoms with Gasteiger partial charge in [-0.15, -0.1) is 5.10 Å². The fourth-order valence-electron chi connectivity index (χ4n) is 4.00. The van der Waals surface area contributed by atoms with Crippen LogP contribution in [0.15, 0.2) is 24.4 Å². The van der Waals surface area contributed by atoms with E-state index in [9.17, 15) is 23.1 Å². The minimum Gasteiger partial charge on any atom is -0.489 e. The fraction of sp³-hybridized carbons (Fsp3) is 0.455. The molecule has 10 nitrogen and oxygen atoms in total. The zero-order chi connectivity index (χ0) is 25.2. The molecule has 2 N–H and O–H groups in total. The van der Waals surface area contributed by atoms with Crippen LogP contribution in [0.5, 0.6) is 5.75 Å². The lowest BCUT2D eigenvalue weighted by Gasteiger charge is -2.27. The van der Waals surface area contributed by atoms with Gasteiger partial charge < -0.3 is 15.2 Å². The third-order valence-electron chi connectivity index (χ3n) is 5.85. The molecule has 0 aromatic carbocycles. The van der Waals surface area contributed by atoms with Crippen molar-refractivity contribution in [2.45, 2.75) is 51.4 Å². The first-order chi connectivity index (χ1) is 16.6. The van der Waals surface area contributed by atoms with E-state index in [0.29, 0.717) is 41.4 Å². The van der Waals surface area contributed by atoms with Crippen molar-refractivity contribution in [1.29, 1.82) is 0 Å². The van der Waals surface area contributed by atoms with E-state index in [0.717, 1.165) is 25.1 Å². The lowest BCUT2D eigenvalue weighted by Crippen LogP contribution is -2.29. The zero-order valence-corrected chi connectivity index (χ0v) is 19.1. The van der Waals surface area contributed by atoms with E-state index < -0.39 is 23.8 Å². The number of carboxylic acids is 1. The molecule has 13 heteroatoms. The minimum atomic E-state index is -4.57. The van der Waals surface area contributed by atoms with E-state index in [1.165, 1.54) is 4.68 Å². The molecule has 0 unspecified atom stereocenters. The number of nitrogens with zero attached hydrogens (tertiary/aromatic N) is 6. The summed E-state index contributed by atoms with van der Waals surface area (Å²) in [6, 6.07) is 4.27.